The smallest absolute Gasteiger partial charge is 0.159 e. The maximum Gasteiger partial charge on any atom is 0.159 e. The second-order valence-electron chi connectivity index (χ2n) is 13.0. The second-order valence-corrected chi connectivity index (χ2v) is 13.0. The van der Waals surface area contributed by atoms with E-state index in [9.17, 15) is 30.3 Å². The number of allylic oxidation sites excluding steroid dienone is 1. The fraction of sp³-hybridized carbons (Fsp3) is 0.889. The van der Waals surface area contributed by atoms with Gasteiger partial charge in [0, 0.05) is 17.8 Å². The maximum absolute atomic E-state index is 13.2. The molecular weight excluding hydrogens is 420 g/mol. The molecule has 0 saturated heterocycles. The van der Waals surface area contributed by atoms with Crippen LogP contribution in [0.5, 0.6) is 0 Å². The van der Waals surface area contributed by atoms with Crippen molar-refractivity contribution in [2.24, 2.45) is 34.5 Å². The summed E-state index contributed by atoms with van der Waals surface area (Å²) >= 11 is 0. The predicted molar refractivity (Wildman–Crippen MR) is 125 cm³/mol. The van der Waals surface area contributed by atoms with Crippen LogP contribution in [0.2, 0.25) is 0 Å². The van der Waals surface area contributed by atoms with Gasteiger partial charge < -0.3 is 25.5 Å². The van der Waals surface area contributed by atoms with Gasteiger partial charge in [0.2, 0.25) is 0 Å². The first-order valence-corrected chi connectivity index (χ1v) is 12.9. The topological polar surface area (TPSA) is 118 Å². The first kappa shape index (κ1) is 25.3. The first-order chi connectivity index (χ1) is 15.1. The third-order valence-corrected chi connectivity index (χ3v) is 10.3. The molecule has 33 heavy (non-hydrogen) atoms. The van der Waals surface area contributed by atoms with E-state index < -0.39 is 34.9 Å². The molecule has 0 aliphatic heterocycles. The van der Waals surface area contributed by atoms with Crippen LogP contribution in [-0.4, -0.2) is 60.8 Å². The summed E-state index contributed by atoms with van der Waals surface area (Å²) in [4.78, 5) is 13.2. The van der Waals surface area contributed by atoms with Gasteiger partial charge in [0.1, 0.15) is 0 Å². The lowest BCUT2D eigenvalue weighted by molar-refractivity contribution is -0.153. The van der Waals surface area contributed by atoms with Crippen molar-refractivity contribution in [1.82, 2.24) is 0 Å². The molecule has 3 fully saturated rings. The summed E-state index contributed by atoms with van der Waals surface area (Å²) in [7, 11) is 0. The molecule has 188 valence electrons. The van der Waals surface area contributed by atoms with Gasteiger partial charge in [-0.25, -0.2) is 0 Å². The third kappa shape index (κ3) is 3.94. The number of hydrogen-bond acceptors (Lipinski definition) is 6. The summed E-state index contributed by atoms with van der Waals surface area (Å²) < 4.78 is 0. The van der Waals surface area contributed by atoms with Gasteiger partial charge in [-0.2, -0.15) is 0 Å². The van der Waals surface area contributed by atoms with Gasteiger partial charge in [0.05, 0.1) is 29.5 Å². The average molecular weight is 465 g/mol. The summed E-state index contributed by atoms with van der Waals surface area (Å²) in [6.45, 7) is 9.77. The summed E-state index contributed by atoms with van der Waals surface area (Å²) in [5.41, 5.74) is -1.99. The van der Waals surface area contributed by atoms with E-state index in [1.54, 1.807) is 19.9 Å². The van der Waals surface area contributed by atoms with Crippen LogP contribution in [0.3, 0.4) is 0 Å². The second kappa shape index (κ2) is 8.12. The van der Waals surface area contributed by atoms with E-state index in [4.69, 9.17) is 0 Å². The highest BCUT2D eigenvalue weighted by Crippen LogP contribution is 2.68. The van der Waals surface area contributed by atoms with Crippen LogP contribution in [0.15, 0.2) is 11.6 Å². The Labute approximate surface area is 198 Å². The van der Waals surface area contributed by atoms with Crippen LogP contribution in [0, 0.1) is 34.5 Å². The molecule has 4 aliphatic rings. The zero-order chi connectivity index (χ0) is 24.6. The molecule has 3 saturated carbocycles. The maximum atomic E-state index is 13.2. The van der Waals surface area contributed by atoms with Crippen LogP contribution in [0.1, 0.15) is 86.0 Å². The molecule has 10 atom stereocenters. The molecule has 0 heterocycles. The Balaban J connectivity index is 1.61. The fourth-order valence-electron chi connectivity index (χ4n) is 8.58. The molecule has 3 unspecified atom stereocenters. The number of rotatable bonds is 5. The van der Waals surface area contributed by atoms with Crippen LogP contribution in [0.25, 0.3) is 0 Å². The van der Waals surface area contributed by atoms with E-state index in [0.717, 1.165) is 24.8 Å². The van der Waals surface area contributed by atoms with E-state index in [2.05, 4.69) is 20.8 Å². The molecular formula is C27H44O6. The van der Waals surface area contributed by atoms with E-state index in [-0.39, 0.29) is 41.3 Å². The number of ketones is 1. The van der Waals surface area contributed by atoms with Gasteiger partial charge in [-0.3, -0.25) is 4.79 Å². The number of carbonyl (C=O) groups is 1. The minimum absolute atomic E-state index is 0.0234. The van der Waals surface area contributed by atoms with Crippen molar-refractivity contribution in [2.45, 2.75) is 115 Å². The number of aliphatic hydroxyl groups is 5. The van der Waals surface area contributed by atoms with Gasteiger partial charge >= 0.3 is 0 Å². The number of aliphatic hydroxyl groups excluding tert-OH is 3. The molecule has 0 radical (unpaired) electrons. The Morgan fingerprint density at radius 2 is 1.79 bits per heavy atom. The number of carbonyl (C=O) groups excluding carboxylic acids is 1. The highest BCUT2D eigenvalue weighted by molar-refractivity contribution is 5.95. The minimum Gasteiger partial charge on any atom is -0.393 e. The molecule has 0 spiro atoms. The molecule has 0 amide bonds. The summed E-state index contributed by atoms with van der Waals surface area (Å²) in [5.74, 6) is 0.0680. The molecule has 0 aromatic heterocycles. The van der Waals surface area contributed by atoms with E-state index in [1.807, 2.05) is 0 Å². The van der Waals surface area contributed by atoms with E-state index in [1.165, 1.54) is 0 Å². The monoisotopic (exact) mass is 464 g/mol. The van der Waals surface area contributed by atoms with Gasteiger partial charge in [0.15, 0.2) is 5.78 Å². The lowest BCUT2D eigenvalue weighted by Crippen LogP contribution is -2.60. The van der Waals surface area contributed by atoms with Gasteiger partial charge in [-0.1, -0.05) is 20.8 Å². The van der Waals surface area contributed by atoms with Crippen molar-refractivity contribution in [3.8, 4) is 0 Å². The molecule has 6 heteroatoms. The SMILES string of the molecule is CC(CC(O)CC(C)(C)O)[C@H]1CC[C@@]2(O)C3=CC(=O)[C@@H]4C[C@@H](O)[C@@H](O)C[C@]4(C)C3CC[C@]12C. The summed E-state index contributed by atoms with van der Waals surface area (Å²) in [5, 5.41) is 53.5. The van der Waals surface area contributed by atoms with E-state index in [0.29, 0.717) is 25.7 Å². The zero-order valence-electron chi connectivity index (χ0n) is 20.9. The van der Waals surface area contributed by atoms with E-state index >= 15 is 0 Å². The molecule has 4 aliphatic carbocycles. The number of fused-ring (bicyclic) bond motifs is 5. The van der Waals surface area contributed by atoms with Crippen LogP contribution in [-0.2, 0) is 4.79 Å². The van der Waals surface area contributed by atoms with Gasteiger partial charge in [-0.15, -0.1) is 0 Å². The molecule has 5 N–H and O–H groups in total. The van der Waals surface area contributed by atoms with Crippen LogP contribution >= 0.6 is 0 Å². The Hall–Kier alpha value is -0.790. The molecule has 6 nitrogen and oxygen atoms in total. The van der Waals surface area contributed by atoms with Crippen molar-refractivity contribution in [1.29, 1.82) is 0 Å². The minimum atomic E-state index is -1.07. The molecule has 4 rings (SSSR count). The Bertz CT molecular complexity index is 816. The lowest BCUT2D eigenvalue weighted by Gasteiger charge is -2.60. The standard InChI is InChI=1S/C27H44O6/c1-15(10-16(28)13-24(2,3)32)17-7-9-27(33)19-11-21(29)20-12-22(30)23(31)14-25(20,4)18(19)6-8-26(17,27)5/h11,15-18,20,22-23,28,30-33H,6-10,12-14H2,1-5H3/t15?,16?,17-,18?,20+,22-,23+,25-,26-,27-/m1/s1. The summed E-state index contributed by atoms with van der Waals surface area (Å²) in [6.07, 6.45) is 4.06. The molecule has 0 aromatic rings. The van der Waals surface area contributed by atoms with Crippen molar-refractivity contribution >= 4 is 5.78 Å². The van der Waals surface area contributed by atoms with Crippen molar-refractivity contribution in [2.75, 3.05) is 0 Å². The van der Waals surface area contributed by atoms with Crippen molar-refractivity contribution in [3.05, 3.63) is 11.6 Å². The average Bonchev–Trinajstić information content (AvgIpc) is 2.94. The summed E-state index contributed by atoms with van der Waals surface area (Å²) in [6, 6.07) is 0. The molecule has 0 aromatic carbocycles. The Kier molecular flexibility index (Phi) is 6.23. The zero-order valence-corrected chi connectivity index (χ0v) is 20.9. The highest BCUT2D eigenvalue weighted by Gasteiger charge is 2.66. The largest absolute Gasteiger partial charge is 0.393 e. The highest BCUT2D eigenvalue weighted by atomic mass is 16.3. The van der Waals surface area contributed by atoms with Crippen molar-refractivity contribution in [3.63, 3.8) is 0 Å². The Morgan fingerprint density at radius 3 is 2.42 bits per heavy atom. The first-order valence-electron chi connectivity index (χ1n) is 12.9. The molecule has 0 bridgehead atoms. The van der Waals surface area contributed by atoms with Gasteiger partial charge in [-0.05, 0) is 93.6 Å². The number of hydrogen-bond donors (Lipinski definition) is 5. The van der Waals surface area contributed by atoms with Crippen molar-refractivity contribution < 1.29 is 30.3 Å². The quantitative estimate of drug-likeness (QED) is 0.427. The Morgan fingerprint density at radius 1 is 1.12 bits per heavy atom. The van der Waals surface area contributed by atoms with Crippen LogP contribution in [0.4, 0.5) is 0 Å². The lowest BCUT2D eigenvalue weighted by atomic mass is 9.46. The third-order valence-electron chi connectivity index (χ3n) is 10.3. The fourth-order valence-corrected chi connectivity index (χ4v) is 8.58. The van der Waals surface area contributed by atoms with Gasteiger partial charge in [0.25, 0.3) is 0 Å². The predicted octanol–water partition coefficient (Wildman–Crippen LogP) is 2.74. The normalized spacial score (nSPS) is 47.3. The van der Waals surface area contributed by atoms with Crippen LogP contribution < -0.4 is 0 Å².